The van der Waals surface area contributed by atoms with Crippen LogP contribution >= 0.6 is 11.3 Å². The second-order valence-corrected chi connectivity index (χ2v) is 7.05. The van der Waals surface area contributed by atoms with Crippen LogP contribution in [0.1, 0.15) is 43.2 Å². The first-order valence-corrected chi connectivity index (χ1v) is 8.70. The Morgan fingerprint density at radius 1 is 1.32 bits per heavy atom. The number of aryl methyl sites for hydroxylation is 1. The molecular weight excluding hydrogens is 288 g/mol. The fourth-order valence-corrected chi connectivity index (χ4v) is 3.91. The van der Waals surface area contributed by atoms with Crippen LogP contribution in [0.4, 0.5) is 0 Å². The van der Waals surface area contributed by atoms with Gasteiger partial charge in [-0.25, -0.2) is 4.98 Å². The van der Waals surface area contributed by atoms with Gasteiger partial charge in [-0.3, -0.25) is 0 Å². The van der Waals surface area contributed by atoms with Crippen molar-refractivity contribution >= 4 is 16.9 Å². The van der Waals surface area contributed by atoms with Gasteiger partial charge in [0.1, 0.15) is 11.1 Å². The summed E-state index contributed by atoms with van der Waals surface area (Å²) in [5.41, 5.74) is 5.45. The number of rotatable bonds is 2. The van der Waals surface area contributed by atoms with Crippen molar-refractivity contribution in [3.8, 4) is 17.3 Å². The molecule has 1 aromatic carbocycles. The van der Waals surface area contributed by atoms with Crippen molar-refractivity contribution in [3.63, 3.8) is 0 Å². The number of hydrogen-bond donors (Lipinski definition) is 0. The summed E-state index contributed by atoms with van der Waals surface area (Å²) in [6, 6.07) is 10.8. The van der Waals surface area contributed by atoms with Crippen LogP contribution in [0.5, 0.6) is 0 Å². The van der Waals surface area contributed by atoms with Crippen LogP contribution in [0.15, 0.2) is 35.2 Å². The van der Waals surface area contributed by atoms with Gasteiger partial charge < -0.3 is 0 Å². The highest BCUT2D eigenvalue weighted by atomic mass is 32.1. The number of nitriles is 1. The second kappa shape index (κ2) is 6.46. The lowest BCUT2D eigenvalue weighted by Gasteiger charge is -2.21. The highest BCUT2D eigenvalue weighted by Crippen LogP contribution is 2.35. The Morgan fingerprint density at radius 3 is 2.77 bits per heavy atom. The predicted octanol–water partition coefficient (Wildman–Crippen LogP) is 5.61. The van der Waals surface area contributed by atoms with Crippen molar-refractivity contribution in [3.05, 3.63) is 45.8 Å². The molecule has 3 heteroatoms. The Kier molecular flexibility index (Phi) is 4.40. The van der Waals surface area contributed by atoms with E-state index in [0.717, 1.165) is 34.7 Å². The molecule has 1 aromatic heterocycles. The maximum Gasteiger partial charge on any atom is 0.134 e. The minimum atomic E-state index is 0.684. The number of nitrogens with zero attached hydrogens (tertiary/aromatic N) is 2. The van der Waals surface area contributed by atoms with Crippen molar-refractivity contribution in [1.82, 2.24) is 4.98 Å². The molecule has 0 N–H and O–H groups in total. The third-order valence-electron chi connectivity index (χ3n) is 4.30. The molecule has 0 radical (unpaired) electrons. The summed E-state index contributed by atoms with van der Waals surface area (Å²) in [6.45, 7) is 4.35. The monoisotopic (exact) mass is 308 g/mol. The maximum absolute atomic E-state index is 9.59. The molecule has 0 saturated heterocycles. The van der Waals surface area contributed by atoms with Crippen molar-refractivity contribution in [2.24, 2.45) is 5.92 Å². The number of thiazole rings is 1. The maximum atomic E-state index is 9.59. The molecule has 1 aliphatic rings. The summed E-state index contributed by atoms with van der Waals surface area (Å²) in [7, 11) is 0. The van der Waals surface area contributed by atoms with E-state index in [-0.39, 0.29) is 0 Å². The molecule has 0 amide bonds. The molecular formula is C19H20N2S. The molecule has 1 aliphatic carbocycles. The minimum absolute atomic E-state index is 0.684. The average Bonchev–Trinajstić information content (AvgIpc) is 2.98. The summed E-state index contributed by atoms with van der Waals surface area (Å²) in [4.78, 5) is 4.72. The van der Waals surface area contributed by atoms with E-state index in [2.05, 4.69) is 49.6 Å². The fraction of sp³-hybridized carbons (Fsp3) is 0.368. The zero-order valence-electron chi connectivity index (χ0n) is 13.1. The molecule has 1 atom stereocenters. The third kappa shape index (κ3) is 3.13. The zero-order valence-corrected chi connectivity index (χ0v) is 13.9. The molecule has 2 nitrogen and oxygen atoms in total. The topological polar surface area (TPSA) is 36.7 Å². The van der Waals surface area contributed by atoms with Crippen molar-refractivity contribution in [2.75, 3.05) is 0 Å². The van der Waals surface area contributed by atoms with Gasteiger partial charge in [-0.05, 0) is 37.7 Å². The second-order valence-electron chi connectivity index (χ2n) is 6.20. The van der Waals surface area contributed by atoms with Crippen molar-refractivity contribution in [1.29, 1.82) is 5.26 Å². The van der Waals surface area contributed by atoms with Crippen LogP contribution in [-0.2, 0) is 0 Å². The largest absolute Gasteiger partial charge is 0.235 e. The van der Waals surface area contributed by atoms with Crippen LogP contribution < -0.4 is 0 Å². The Balaban J connectivity index is 1.93. The van der Waals surface area contributed by atoms with Gasteiger partial charge in [0.15, 0.2) is 0 Å². The van der Waals surface area contributed by atoms with Gasteiger partial charge in [-0.2, -0.15) is 5.26 Å². The van der Waals surface area contributed by atoms with Crippen LogP contribution in [-0.4, -0.2) is 4.98 Å². The first-order valence-electron chi connectivity index (χ1n) is 7.82. The van der Waals surface area contributed by atoms with Gasteiger partial charge in [-0.1, -0.05) is 43.2 Å². The highest BCUT2D eigenvalue weighted by molar-refractivity contribution is 7.11. The summed E-state index contributed by atoms with van der Waals surface area (Å²) >= 11 is 1.58. The number of aromatic nitrogens is 1. The zero-order chi connectivity index (χ0) is 15.5. The smallest absolute Gasteiger partial charge is 0.134 e. The molecule has 3 rings (SSSR count). The molecule has 0 aliphatic heterocycles. The molecule has 1 fully saturated rings. The van der Waals surface area contributed by atoms with Crippen molar-refractivity contribution in [2.45, 2.75) is 39.5 Å². The van der Waals surface area contributed by atoms with E-state index in [0.29, 0.717) is 5.92 Å². The van der Waals surface area contributed by atoms with Gasteiger partial charge in [0.25, 0.3) is 0 Å². The van der Waals surface area contributed by atoms with Crippen LogP contribution in [0.3, 0.4) is 0 Å². The molecule has 1 unspecified atom stereocenters. The first-order chi connectivity index (χ1) is 10.7. The first kappa shape index (κ1) is 15.0. The summed E-state index contributed by atoms with van der Waals surface area (Å²) in [5, 5.41) is 12.5. The lowest BCUT2D eigenvalue weighted by Crippen LogP contribution is -2.06. The highest BCUT2D eigenvalue weighted by Gasteiger charge is 2.19. The number of benzene rings is 1. The number of allylic oxidation sites excluding steroid dienone is 2. The Labute approximate surface area is 136 Å². The normalized spacial score (nSPS) is 20.5. The summed E-state index contributed by atoms with van der Waals surface area (Å²) in [5.74, 6) is 0.684. The van der Waals surface area contributed by atoms with Crippen LogP contribution in [0.2, 0.25) is 0 Å². The van der Waals surface area contributed by atoms with E-state index < -0.39 is 0 Å². The Bertz CT molecular complexity index is 732. The quantitative estimate of drug-likeness (QED) is 0.676. The molecule has 1 saturated carbocycles. The van der Waals surface area contributed by atoms with E-state index in [9.17, 15) is 5.26 Å². The van der Waals surface area contributed by atoms with E-state index in [1.54, 1.807) is 11.3 Å². The molecule has 22 heavy (non-hydrogen) atoms. The van der Waals surface area contributed by atoms with Gasteiger partial charge in [0.2, 0.25) is 0 Å². The Hall–Kier alpha value is -1.92. The molecule has 112 valence electrons. The van der Waals surface area contributed by atoms with Crippen LogP contribution in [0.25, 0.3) is 16.8 Å². The van der Waals surface area contributed by atoms with Gasteiger partial charge in [0, 0.05) is 10.9 Å². The van der Waals surface area contributed by atoms with Gasteiger partial charge in [-0.15, -0.1) is 11.3 Å². The molecule has 0 spiro atoms. The fourth-order valence-electron chi connectivity index (χ4n) is 3.04. The standard InChI is InChI=1S/C19H20N2S/c1-13-6-8-15(9-7-13)18-12-22-19(21-18)17(11-20)16-5-3-4-14(2)10-16/h6-9,12,14H,3-5,10H2,1-2H3/b17-16-. The predicted molar refractivity (Wildman–Crippen MR) is 92.5 cm³/mol. The van der Waals surface area contributed by atoms with E-state index in [4.69, 9.17) is 4.98 Å². The van der Waals surface area contributed by atoms with E-state index >= 15 is 0 Å². The van der Waals surface area contributed by atoms with Crippen LogP contribution in [0, 0.1) is 24.2 Å². The van der Waals surface area contributed by atoms with E-state index in [1.807, 2.05) is 0 Å². The number of hydrogen-bond acceptors (Lipinski definition) is 3. The molecule has 1 heterocycles. The summed E-state index contributed by atoms with van der Waals surface area (Å²) < 4.78 is 0. The SMILES string of the molecule is Cc1ccc(-c2csc(/C(C#N)=C3/CCCC(C)C3)n2)cc1. The van der Waals surface area contributed by atoms with Gasteiger partial charge >= 0.3 is 0 Å². The van der Waals surface area contributed by atoms with Gasteiger partial charge in [0.05, 0.1) is 11.3 Å². The average molecular weight is 308 g/mol. The molecule has 2 aromatic rings. The minimum Gasteiger partial charge on any atom is -0.235 e. The van der Waals surface area contributed by atoms with E-state index in [1.165, 1.54) is 24.0 Å². The summed E-state index contributed by atoms with van der Waals surface area (Å²) in [6.07, 6.45) is 4.56. The van der Waals surface area contributed by atoms with Crippen molar-refractivity contribution < 1.29 is 0 Å². The lowest BCUT2D eigenvalue weighted by molar-refractivity contribution is 0.454. The molecule has 0 bridgehead atoms. The lowest BCUT2D eigenvalue weighted by atomic mass is 9.84. The third-order valence-corrected chi connectivity index (χ3v) is 5.16. The Morgan fingerprint density at radius 2 is 2.09 bits per heavy atom.